The summed E-state index contributed by atoms with van der Waals surface area (Å²) in [4.78, 5) is 32.5. The van der Waals surface area contributed by atoms with Crippen LogP contribution in [0.3, 0.4) is 0 Å². The second kappa shape index (κ2) is 8.66. The number of nitrogens with zero attached hydrogens (tertiary/aromatic N) is 2. The van der Waals surface area contributed by atoms with Gasteiger partial charge in [0.2, 0.25) is 15.7 Å². The molecule has 7 nitrogen and oxygen atoms in total. The lowest BCUT2D eigenvalue weighted by molar-refractivity contribution is -0.116. The third kappa shape index (κ3) is 4.36. The Morgan fingerprint density at radius 1 is 1.16 bits per heavy atom. The van der Waals surface area contributed by atoms with Crippen LogP contribution in [-0.2, 0) is 21.1 Å². The molecule has 2 aromatic carbocycles. The predicted molar refractivity (Wildman–Crippen MR) is 120 cm³/mol. The highest BCUT2D eigenvalue weighted by atomic mass is 35.5. The molecule has 0 unspecified atom stereocenters. The second-order valence-corrected chi connectivity index (χ2v) is 10.4. The number of thioether (sulfide) groups is 1. The number of para-hydroxylation sites is 1. The van der Waals surface area contributed by atoms with Gasteiger partial charge in [-0.05, 0) is 36.2 Å². The highest BCUT2D eigenvalue weighted by molar-refractivity contribution is 7.99. The first-order chi connectivity index (χ1) is 14.8. The molecule has 1 amide bonds. The fourth-order valence-electron chi connectivity index (χ4n) is 3.21. The Morgan fingerprint density at radius 3 is 2.68 bits per heavy atom. The van der Waals surface area contributed by atoms with Crippen LogP contribution >= 0.6 is 35.0 Å². The lowest BCUT2D eigenvalue weighted by Gasteiger charge is -2.16. The van der Waals surface area contributed by atoms with E-state index in [9.17, 15) is 18.0 Å². The van der Waals surface area contributed by atoms with Crippen LogP contribution in [-0.4, -0.2) is 36.6 Å². The monoisotopic (exact) mass is 495 g/mol. The molecule has 0 saturated heterocycles. The molecule has 1 aromatic heterocycles. The van der Waals surface area contributed by atoms with E-state index in [1.165, 1.54) is 18.2 Å². The van der Waals surface area contributed by atoms with Crippen molar-refractivity contribution < 1.29 is 13.2 Å². The predicted octanol–water partition coefficient (Wildman–Crippen LogP) is 3.59. The molecular formula is C20H15Cl2N3O4S2. The average molecular weight is 496 g/mol. The van der Waals surface area contributed by atoms with Gasteiger partial charge in [-0.15, -0.1) is 0 Å². The van der Waals surface area contributed by atoms with E-state index in [2.05, 4.69) is 9.97 Å². The van der Waals surface area contributed by atoms with Gasteiger partial charge in [0.25, 0.3) is 5.56 Å². The number of carbonyl (C=O) groups is 1. The summed E-state index contributed by atoms with van der Waals surface area (Å²) in [7, 11) is -4.14. The Hall–Kier alpha value is -2.33. The molecule has 0 atom stereocenters. The van der Waals surface area contributed by atoms with E-state index in [4.69, 9.17) is 23.2 Å². The van der Waals surface area contributed by atoms with E-state index in [0.717, 1.165) is 35.6 Å². The minimum absolute atomic E-state index is 0.0517. The third-order valence-corrected chi connectivity index (χ3v) is 8.11. The molecule has 0 radical (unpaired) electrons. The molecule has 0 bridgehead atoms. The summed E-state index contributed by atoms with van der Waals surface area (Å²) >= 11 is 12.7. The standard InChI is InChI=1S/C20H15Cl2N3O4S2/c21-14-6-5-13(9-15(14)22)31(28,29)17-10-23-20(24-19(17)27)30-11-18(26)25-8-7-12-3-1-2-4-16(12)25/h1-6,9-10H,7-8,11H2,(H,23,24,27). The number of carbonyl (C=O) groups excluding carboxylic acids is 1. The van der Waals surface area contributed by atoms with Crippen molar-refractivity contribution in [2.24, 2.45) is 0 Å². The van der Waals surface area contributed by atoms with Crippen LogP contribution in [0.15, 0.2) is 68.4 Å². The van der Waals surface area contributed by atoms with Crippen molar-refractivity contribution in [3.8, 4) is 0 Å². The Bertz CT molecular complexity index is 1340. The molecule has 0 aliphatic carbocycles. The van der Waals surface area contributed by atoms with E-state index in [1.54, 1.807) is 4.90 Å². The zero-order valence-electron chi connectivity index (χ0n) is 15.8. The molecule has 31 heavy (non-hydrogen) atoms. The van der Waals surface area contributed by atoms with Crippen LogP contribution in [0.5, 0.6) is 0 Å². The molecule has 4 rings (SSSR count). The molecule has 0 saturated carbocycles. The van der Waals surface area contributed by atoms with E-state index in [0.29, 0.717) is 6.54 Å². The highest BCUT2D eigenvalue weighted by Crippen LogP contribution is 2.29. The molecule has 11 heteroatoms. The van der Waals surface area contributed by atoms with E-state index in [1.807, 2.05) is 24.3 Å². The zero-order chi connectivity index (χ0) is 22.2. The average Bonchev–Trinajstić information content (AvgIpc) is 3.18. The Labute approximate surface area is 192 Å². The maximum absolute atomic E-state index is 12.8. The Kier molecular flexibility index (Phi) is 6.11. The smallest absolute Gasteiger partial charge is 0.270 e. The number of hydrogen-bond acceptors (Lipinski definition) is 6. The maximum atomic E-state index is 12.8. The van der Waals surface area contributed by atoms with Crippen LogP contribution in [0.2, 0.25) is 10.0 Å². The van der Waals surface area contributed by atoms with Crippen molar-refractivity contribution in [3.05, 3.63) is 74.6 Å². The summed E-state index contributed by atoms with van der Waals surface area (Å²) in [5, 5.41) is 0.407. The number of fused-ring (bicyclic) bond motifs is 1. The molecule has 2 heterocycles. The number of benzene rings is 2. The van der Waals surface area contributed by atoms with Gasteiger partial charge in [0.15, 0.2) is 10.1 Å². The van der Waals surface area contributed by atoms with Crippen molar-refractivity contribution in [1.82, 2.24) is 9.97 Å². The van der Waals surface area contributed by atoms with Crippen molar-refractivity contribution in [1.29, 1.82) is 0 Å². The lowest BCUT2D eigenvalue weighted by Crippen LogP contribution is -2.30. The van der Waals surface area contributed by atoms with E-state index >= 15 is 0 Å². The number of rotatable bonds is 5. The number of sulfone groups is 1. The fraction of sp³-hybridized carbons (Fsp3) is 0.150. The van der Waals surface area contributed by atoms with Crippen molar-refractivity contribution in [2.75, 3.05) is 17.2 Å². The van der Waals surface area contributed by atoms with Gasteiger partial charge in [-0.3, -0.25) is 9.59 Å². The van der Waals surface area contributed by atoms with E-state index in [-0.39, 0.29) is 31.8 Å². The number of aromatic amines is 1. The number of anilines is 1. The van der Waals surface area contributed by atoms with Gasteiger partial charge in [-0.1, -0.05) is 53.2 Å². The number of hydrogen-bond donors (Lipinski definition) is 1. The highest BCUT2D eigenvalue weighted by Gasteiger charge is 2.25. The fourth-order valence-corrected chi connectivity index (χ4v) is 5.54. The van der Waals surface area contributed by atoms with Crippen molar-refractivity contribution in [3.63, 3.8) is 0 Å². The minimum atomic E-state index is -4.14. The van der Waals surface area contributed by atoms with Crippen LogP contribution in [0, 0.1) is 0 Å². The molecular weight excluding hydrogens is 481 g/mol. The number of halogens is 2. The molecule has 3 aromatic rings. The molecule has 0 fully saturated rings. The summed E-state index contributed by atoms with van der Waals surface area (Å²) in [5.74, 6) is -0.0685. The number of H-pyrrole nitrogens is 1. The summed E-state index contributed by atoms with van der Waals surface area (Å²) in [6.07, 6.45) is 1.78. The first-order valence-corrected chi connectivity index (χ1v) is 12.3. The van der Waals surface area contributed by atoms with Crippen LogP contribution in [0.4, 0.5) is 5.69 Å². The van der Waals surface area contributed by atoms with Crippen molar-refractivity contribution >= 4 is 56.4 Å². The van der Waals surface area contributed by atoms with E-state index < -0.39 is 20.3 Å². The topological polar surface area (TPSA) is 100 Å². The first kappa shape index (κ1) is 21.9. The first-order valence-electron chi connectivity index (χ1n) is 9.08. The minimum Gasteiger partial charge on any atom is -0.311 e. The van der Waals surface area contributed by atoms with Gasteiger partial charge in [0.1, 0.15) is 0 Å². The van der Waals surface area contributed by atoms with Crippen LogP contribution in [0.1, 0.15) is 5.56 Å². The summed E-state index contributed by atoms with van der Waals surface area (Å²) in [6.45, 7) is 0.601. The van der Waals surface area contributed by atoms with Gasteiger partial charge in [0, 0.05) is 12.2 Å². The summed E-state index contributed by atoms with van der Waals surface area (Å²) in [6, 6.07) is 11.5. The Balaban J connectivity index is 1.50. The Morgan fingerprint density at radius 2 is 1.94 bits per heavy atom. The van der Waals surface area contributed by atoms with Gasteiger partial charge in [0.05, 0.1) is 26.9 Å². The third-order valence-electron chi connectivity index (χ3n) is 4.75. The number of aromatic nitrogens is 2. The van der Waals surface area contributed by atoms with Crippen molar-refractivity contribution in [2.45, 2.75) is 21.4 Å². The largest absolute Gasteiger partial charge is 0.311 e. The normalized spacial score (nSPS) is 13.3. The summed E-state index contributed by atoms with van der Waals surface area (Å²) < 4.78 is 25.5. The van der Waals surface area contributed by atoms with Crippen LogP contribution < -0.4 is 10.5 Å². The zero-order valence-corrected chi connectivity index (χ0v) is 19.0. The number of amides is 1. The van der Waals surface area contributed by atoms with Gasteiger partial charge < -0.3 is 9.88 Å². The maximum Gasteiger partial charge on any atom is 0.270 e. The van der Waals surface area contributed by atoms with Gasteiger partial charge >= 0.3 is 0 Å². The van der Waals surface area contributed by atoms with Crippen LogP contribution in [0.25, 0.3) is 0 Å². The summed E-state index contributed by atoms with van der Waals surface area (Å²) in [5.41, 5.74) is 1.17. The second-order valence-electron chi connectivity index (χ2n) is 6.67. The molecule has 1 N–H and O–H groups in total. The molecule has 1 aliphatic heterocycles. The molecule has 0 spiro atoms. The molecule has 160 valence electrons. The van der Waals surface area contributed by atoms with Gasteiger partial charge in [-0.25, -0.2) is 13.4 Å². The number of nitrogens with one attached hydrogen (secondary N) is 1. The molecule has 1 aliphatic rings. The van der Waals surface area contributed by atoms with Gasteiger partial charge in [-0.2, -0.15) is 0 Å². The lowest BCUT2D eigenvalue weighted by atomic mass is 10.2. The quantitative estimate of drug-likeness (QED) is 0.428. The SMILES string of the molecule is O=C(CSc1ncc(S(=O)(=O)c2ccc(Cl)c(Cl)c2)c(=O)[nH]1)N1CCc2ccccc21.